The van der Waals surface area contributed by atoms with Crippen LogP contribution in [-0.2, 0) is 20.0 Å². The van der Waals surface area contributed by atoms with Crippen molar-refractivity contribution in [3.8, 4) is 0 Å². The number of alkyl halides is 6. The van der Waals surface area contributed by atoms with Gasteiger partial charge in [-0.05, 0) is 38.5 Å². The lowest BCUT2D eigenvalue weighted by molar-refractivity contribution is -0.0462. The molecule has 1 atom stereocenters. The zero-order valence-corrected chi connectivity index (χ0v) is 16.5. The maximum Gasteiger partial charge on any atom is 0.517 e. The molecule has 6 nitrogen and oxygen atoms in total. The highest BCUT2D eigenvalue weighted by molar-refractivity contribution is 8.11. The van der Waals surface area contributed by atoms with Gasteiger partial charge in [0, 0.05) is 18.3 Å². The molecule has 0 N–H and O–H groups in total. The molecule has 1 rings (SSSR count). The van der Waals surface area contributed by atoms with Crippen LogP contribution in [0.3, 0.4) is 0 Å². The van der Waals surface area contributed by atoms with Crippen LogP contribution in [0, 0.1) is 0 Å². The van der Waals surface area contributed by atoms with E-state index < -0.39 is 40.5 Å². The lowest BCUT2D eigenvalue weighted by Crippen LogP contribution is -2.49. The van der Waals surface area contributed by atoms with E-state index in [4.69, 9.17) is 0 Å². The minimum absolute atomic E-state index is 0.0640. The van der Waals surface area contributed by atoms with Gasteiger partial charge in [-0.25, -0.2) is 0 Å². The predicted molar refractivity (Wildman–Crippen MR) is 91.6 cm³/mol. The molecular weight excluding hydrogens is 438 g/mol. The molecule has 0 saturated heterocycles. The Balaban J connectivity index is 3.78. The minimum Gasteiger partial charge on any atom is -0.369 e. The van der Waals surface area contributed by atoms with Crippen LogP contribution in [0.2, 0.25) is 0 Å². The zero-order chi connectivity index (χ0) is 22.1. The van der Waals surface area contributed by atoms with Crippen molar-refractivity contribution in [3.63, 3.8) is 0 Å². The second-order valence-corrected chi connectivity index (χ2v) is 9.45. The first-order valence-electron chi connectivity index (χ1n) is 7.82. The van der Waals surface area contributed by atoms with Gasteiger partial charge in [-0.1, -0.05) is 13.0 Å². The third-order valence-electron chi connectivity index (χ3n) is 3.86. The molecule has 0 aliphatic rings. The van der Waals surface area contributed by atoms with Crippen LogP contribution in [0.5, 0.6) is 0 Å². The van der Waals surface area contributed by atoms with Crippen LogP contribution in [0.15, 0.2) is 24.3 Å². The summed E-state index contributed by atoms with van der Waals surface area (Å²) in [5.41, 5.74) is -13.8. The quantitative estimate of drug-likeness (QED) is 0.584. The van der Waals surface area contributed by atoms with Gasteiger partial charge in [-0.3, -0.25) is 0 Å². The van der Waals surface area contributed by atoms with E-state index in [1.54, 1.807) is 25.7 Å². The maximum absolute atomic E-state index is 12.9. The third-order valence-corrected chi connectivity index (χ3v) is 7.50. The summed E-state index contributed by atoms with van der Waals surface area (Å²) < 4.78 is 123. The summed E-state index contributed by atoms with van der Waals surface area (Å²) in [4.78, 5) is 1.57. The van der Waals surface area contributed by atoms with Crippen molar-refractivity contribution >= 4 is 31.4 Å². The first-order chi connectivity index (χ1) is 12.5. The molecule has 0 aliphatic heterocycles. The fourth-order valence-corrected chi connectivity index (χ4v) is 5.05. The Bertz CT molecular complexity index is 853. The Hall–Kier alpha value is -1.70. The standard InChI is InChI=1S/C14H18F6N2O4S2/c1-4-10(3)21(5-2)11-7-6-8-12(9-11)22(27(23,24)13(15,16)17)28(25,26)14(18,19)20/h6-10H,4-5H2,1-3H3. The van der Waals surface area contributed by atoms with Crippen LogP contribution in [-0.4, -0.2) is 40.4 Å². The number of benzene rings is 1. The lowest BCUT2D eigenvalue weighted by atomic mass is 10.2. The normalized spacial score (nSPS) is 14.6. The Kier molecular flexibility index (Phi) is 6.93. The van der Waals surface area contributed by atoms with Crippen LogP contribution in [0.25, 0.3) is 0 Å². The molecule has 0 radical (unpaired) electrons. The number of hydrogen-bond donors (Lipinski definition) is 0. The number of sulfonamides is 2. The molecule has 0 aliphatic carbocycles. The van der Waals surface area contributed by atoms with Gasteiger partial charge in [0.25, 0.3) is 0 Å². The highest BCUT2D eigenvalue weighted by atomic mass is 32.3. The van der Waals surface area contributed by atoms with Crippen LogP contribution < -0.4 is 8.61 Å². The van der Waals surface area contributed by atoms with E-state index in [1.165, 1.54) is 6.07 Å². The van der Waals surface area contributed by atoms with Crippen molar-refractivity contribution in [1.29, 1.82) is 0 Å². The van der Waals surface area contributed by atoms with E-state index in [1.807, 2.05) is 0 Å². The summed E-state index contributed by atoms with van der Waals surface area (Å²) in [6, 6.07) is 3.29. The summed E-state index contributed by atoms with van der Waals surface area (Å²) >= 11 is 0. The van der Waals surface area contributed by atoms with Gasteiger partial charge in [0.1, 0.15) is 0 Å². The molecule has 0 amide bonds. The predicted octanol–water partition coefficient (Wildman–Crippen LogP) is 3.82. The van der Waals surface area contributed by atoms with E-state index in [-0.39, 0.29) is 18.3 Å². The molecule has 14 heteroatoms. The van der Waals surface area contributed by atoms with Crippen molar-refractivity contribution in [2.75, 3.05) is 15.2 Å². The number of anilines is 2. The highest BCUT2D eigenvalue weighted by Gasteiger charge is 2.61. The summed E-state index contributed by atoms with van der Waals surface area (Å²) in [6.45, 7) is 5.46. The van der Waals surface area contributed by atoms with Crippen LogP contribution in [0.4, 0.5) is 37.7 Å². The number of nitrogens with zero attached hydrogens (tertiary/aromatic N) is 2. The monoisotopic (exact) mass is 456 g/mol. The Morgan fingerprint density at radius 1 is 0.893 bits per heavy atom. The minimum atomic E-state index is -6.90. The molecule has 0 aromatic heterocycles. The Morgan fingerprint density at radius 2 is 1.32 bits per heavy atom. The molecule has 162 valence electrons. The molecule has 1 unspecified atom stereocenters. The summed E-state index contributed by atoms with van der Waals surface area (Å²) in [5, 5.41) is 0. The smallest absolute Gasteiger partial charge is 0.369 e. The zero-order valence-electron chi connectivity index (χ0n) is 14.9. The first-order valence-corrected chi connectivity index (χ1v) is 10.7. The number of hydrogen-bond acceptors (Lipinski definition) is 5. The van der Waals surface area contributed by atoms with Crippen LogP contribution >= 0.6 is 0 Å². The van der Waals surface area contributed by atoms with E-state index >= 15 is 0 Å². The molecular formula is C14H18F6N2O4S2. The van der Waals surface area contributed by atoms with Crippen molar-refractivity contribution in [1.82, 2.24) is 0 Å². The van der Waals surface area contributed by atoms with Gasteiger partial charge in [-0.15, -0.1) is 3.71 Å². The summed E-state index contributed by atoms with van der Waals surface area (Å²) in [5.74, 6) is 0. The SMILES string of the molecule is CCC(C)N(CC)c1cccc(N(S(=O)(=O)C(F)(F)F)S(=O)(=O)C(F)(F)F)c1. The van der Waals surface area contributed by atoms with Crippen molar-refractivity contribution in [2.24, 2.45) is 0 Å². The fourth-order valence-electron chi connectivity index (χ4n) is 2.35. The lowest BCUT2D eigenvalue weighted by Gasteiger charge is -2.31. The molecule has 1 aromatic carbocycles. The van der Waals surface area contributed by atoms with Gasteiger partial charge in [0.15, 0.2) is 0 Å². The van der Waals surface area contributed by atoms with Gasteiger partial charge in [-0.2, -0.15) is 43.2 Å². The summed E-state index contributed by atoms with van der Waals surface area (Å²) in [6.07, 6.45) is 0.559. The third kappa shape index (κ3) is 4.47. The van der Waals surface area contributed by atoms with E-state index in [0.29, 0.717) is 18.6 Å². The van der Waals surface area contributed by atoms with Gasteiger partial charge in [0.2, 0.25) is 0 Å². The molecule has 0 spiro atoms. The topological polar surface area (TPSA) is 74.8 Å². The molecule has 0 saturated carbocycles. The van der Waals surface area contributed by atoms with Crippen molar-refractivity contribution < 1.29 is 43.2 Å². The number of rotatable bonds is 7. The maximum atomic E-state index is 12.9. The van der Waals surface area contributed by atoms with Gasteiger partial charge < -0.3 is 4.90 Å². The van der Waals surface area contributed by atoms with Crippen LogP contribution in [0.1, 0.15) is 27.2 Å². The van der Waals surface area contributed by atoms with E-state index in [2.05, 4.69) is 0 Å². The highest BCUT2D eigenvalue weighted by Crippen LogP contribution is 2.39. The molecule has 0 fully saturated rings. The molecule has 0 bridgehead atoms. The van der Waals surface area contributed by atoms with Gasteiger partial charge in [0.05, 0.1) is 5.69 Å². The molecule has 28 heavy (non-hydrogen) atoms. The van der Waals surface area contributed by atoms with Crippen molar-refractivity contribution in [3.05, 3.63) is 24.3 Å². The van der Waals surface area contributed by atoms with Gasteiger partial charge >= 0.3 is 31.1 Å². The largest absolute Gasteiger partial charge is 0.517 e. The summed E-state index contributed by atoms with van der Waals surface area (Å²) in [7, 11) is -13.8. The Labute approximate surface area is 158 Å². The molecule has 0 heterocycles. The second kappa shape index (κ2) is 7.97. The Morgan fingerprint density at radius 3 is 1.68 bits per heavy atom. The van der Waals surface area contributed by atoms with E-state index in [0.717, 1.165) is 6.07 Å². The fraction of sp³-hybridized carbons (Fsp3) is 0.571. The van der Waals surface area contributed by atoms with E-state index in [9.17, 15) is 43.2 Å². The second-order valence-electron chi connectivity index (χ2n) is 5.66. The van der Waals surface area contributed by atoms with Crippen molar-refractivity contribution in [2.45, 2.75) is 44.3 Å². The average molecular weight is 456 g/mol. The molecule has 1 aromatic rings. The first kappa shape index (κ1) is 24.3. The average Bonchev–Trinajstić information content (AvgIpc) is 2.53. The number of halogens is 6.